The first-order valence-corrected chi connectivity index (χ1v) is 14.6. The maximum absolute atomic E-state index is 13.0. The highest BCUT2D eigenvalue weighted by atomic mass is 35.5. The van der Waals surface area contributed by atoms with Crippen molar-refractivity contribution in [3.8, 4) is 0 Å². The molecule has 1 aliphatic rings. The zero-order valence-corrected chi connectivity index (χ0v) is 22.1. The maximum atomic E-state index is 13.0. The Morgan fingerprint density at radius 2 is 1.51 bits per heavy atom. The quantitative estimate of drug-likeness (QED) is 0.447. The number of aromatic nitrogens is 2. The molecule has 0 bridgehead atoms. The second kappa shape index (κ2) is 10.1. The van der Waals surface area contributed by atoms with Crippen molar-refractivity contribution < 1.29 is 21.6 Å². The second-order valence-corrected chi connectivity index (χ2v) is 13.4. The summed E-state index contributed by atoms with van der Waals surface area (Å²) in [6, 6.07) is 10.8. The molecule has 3 aromatic rings. The normalized spacial score (nSPS) is 15.7. The minimum Gasteiger partial charge on any atom is -0.296 e. The zero-order chi connectivity index (χ0) is 25.4. The van der Waals surface area contributed by atoms with Crippen LogP contribution >= 0.6 is 34.5 Å². The van der Waals surface area contributed by atoms with Crippen LogP contribution < -0.4 is 5.32 Å². The number of anilines is 1. The second-order valence-electron chi connectivity index (χ2n) is 7.57. The number of hydrogen-bond donors (Lipinski definition) is 1. The van der Waals surface area contributed by atoms with Gasteiger partial charge in [-0.05, 0) is 37.3 Å². The highest BCUT2D eigenvalue weighted by molar-refractivity contribution is 7.91. The van der Waals surface area contributed by atoms with Crippen LogP contribution in [0, 0.1) is 6.92 Å². The van der Waals surface area contributed by atoms with Gasteiger partial charge in [-0.3, -0.25) is 10.1 Å². The molecule has 0 radical (unpaired) electrons. The van der Waals surface area contributed by atoms with Gasteiger partial charge in [0.05, 0.1) is 15.5 Å². The molecule has 0 spiro atoms. The van der Waals surface area contributed by atoms with Crippen molar-refractivity contribution >= 4 is 65.6 Å². The number of carbonyl (C=O) groups excluding carboxylic acids is 1. The molecule has 15 heteroatoms. The minimum absolute atomic E-state index is 0.00704. The van der Waals surface area contributed by atoms with Gasteiger partial charge >= 0.3 is 0 Å². The fourth-order valence-corrected chi connectivity index (χ4v) is 7.69. The summed E-state index contributed by atoms with van der Waals surface area (Å²) in [6.45, 7) is 1.75. The summed E-state index contributed by atoms with van der Waals surface area (Å²) in [4.78, 5) is 12.6. The Labute approximate surface area is 216 Å². The van der Waals surface area contributed by atoms with Gasteiger partial charge in [-0.15, -0.1) is 10.2 Å². The van der Waals surface area contributed by atoms with Crippen LogP contribution in [0.2, 0.25) is 10.0 Å². The number of piperazine rings is 1. The molecule has 0 unspecified atom stereocenters. The first kappa shape index (κ1) is 25.9. The lowest BCUT2D eigenvalue weighted by Gasteiger charge is -2.32. The smallest absolute Gasteiger partial charge is 0.272 e. The summed E-state index contributed by atoms with van der Waals surface area (Å²) in [5, 5.41) is 10.4. The number of nitrogens with one attached hydrogen (secondary N) is 1. The highest BCUT2D eigenvalue weighted by Gasteiger charge is 2.35. The van der Waals surface area contributed by atoms with Gasteiger partial charge in [0.1, 0.15) is 0 Å². The molecular weight excluding hydrogens is 557 g/mol. The molecule has 0 atom stereocenters. The van der Waals surface area contributed by atoms with E-state index in [1.54, 1.807) is 12.1 Å². The van der Waals surface area contributed by atoms with Gasteiger partial charge in [-0.25, -0.2) is 16.8 Å². The highest BCUT2D eigenvalue weighted by Crippen LogP contribution is 2.27. The van der Waals surface area contributed by atoms with E-state index < -0.39 is 26.0 Å². The molecule has 1 N–H and O–H groups in total. The first-order valence-electron chi connectivity index (χ1n) is 10.2. The van der Waals surface area contributed by atoms with Gasteiger partial charge in [0, 0.05) is 31.2 Å². The van der Waals surface area contributed by atoms with Crippen molar-refractivity contribution in [3.63, 3.8) is 0 Å². The molecule has 1 aromatic heterocycles. The third kappa shape index (κ3) is 5.50. The van der Waals surface area contributed by atoms with Crippen LogP contribution in [0.1, 0.15) is 15.9 Å². The van der Waals surface area contributed by atoms with Gasteiger partial charge in [-0.2, -0.15) is 8.61 Å². The van der Waals surface area contributed by atoms with Crippen LogP contribution in [-0.2, 0) is 20.0 Å². The van der Waals surface area contributed by atoms with Crippen molar-refractivity contribution in [1.82, 2.24) is 18.8 Å². The number of benzene rings is 2. The lowest BCUT2D eigenvalue weighted by atomic mass is 10.2. The van der Waals surface area contributed by atoms with Gasteiger partial charge in [0.15, 0.2) is 0 Å². The van der Waals surface area contributed by atoms with Crippen LogP contribution in [-0.4, -0.2) is 67.7 Å². The molecule has 186 valence electrons. The number of hydrogen-bond acceptors (Lipinski definition) is 8. The molecule has 0 aliphatic carbocycles. The summed E-state index contributed by atoms with van der Waals surface area (Å²) in [6.07, 6.45) is 0. The largest absolute Gasteiger partial charge is 0.296 e. The molecule has 4 rings (SSSR count). The van der Waals surface area contributed by atoms with Crippen LogP contribution in [0.3, 0.4) is 0 Å². The fourth-order valence-electron chi connectivity index (χ4n) is 3.32. The minimum atomic E-state index is -4.03. The Kier molecular flexibility index (Phi) is 7.48. The van der Waals surface area contributed by atoms with Crippen molar-refractivity contribution in [1.29, 1.82) is 0 Å². The van der Waals surface area contributed by atoms with E-state index in [1.165, 1.54) is 34.6 Å². The van der Waals surface area contributed by atoms with Gasteiger partial charge in [0.25, 0.3) is 15.9 Å². The number of nitrogens with zero attached hydrogens (tertiary/aromatic N) is 4. The number of sulfonamides is 2. The molecular formula is C20H19Cl2N5O5S3. The number of halogens is 2. The molecule has 2 aromatic carbocycles. The van der Waals surface area contributed by atoms with E-state index in [2.05, 4.69) is 15.5 Å². The van der Waals surface area contributed by atoms with Crippen molar-refractivity contribution in [2.75, 3.05) is 31.5 Å². The summed E-state index contributed by atoms with van der Waals surface area (Å²) >= 11 is 12.6. The standard InChI is InChI=1S/C20H19Cl2N5O5S3/c1-13-2-5-15(6-3-13)34(29,30)26-8-10-27(11-9-26)35(31,32)20-25-24-19(33-20)23-18(28)16-7-4-14(21)12-17(16)22/h2-7,12H,8-11H2,1H3,(H,23,24,28). The SMILES string of the molecule is Cc1ccc(S(=O)(=O)N2CCN(S(=O)(=O)c3nnc(NC(=O)c4ccc(Cl)cc4Cl)s3)CC2)cc1. The van der Waals surface area contributed by atoms with E-state index in [1.807, 2.05) is 6.92 Å². The molecule has 1 aliphatic heterocycles. The Morgan fingerprint density at radius 1 is 0.914 bits per heavy atom. The molecule has 0 saturated carbocycles. The van der Waals surface area contributed by atoms with E-state index in [9.17, 15) is 21.6 Å². The first-order chi connectivity index (χ1) is 16.5. The Hall–Kier alpha value is -2.13. The van der Waals surface area contributed by atoms with Gasteiger partial charge in [-0.1, -0.05) is 52.2 Å². The third-order valence-electron chi connectivity index (χ3n) is 5.22. The summed E-state index contributed by atoms with van der Waals surface area (Å²) < 4.78 is 53.9. The van der Waals surface area contributed by atoms with Crippen molar-refractivity contribution in [2.24, 2.45) is 0 Å². The van der Waals surface area contributed by atoms with Crippen LogP contribution in [0.5, 0.6) is 0 Å². The monoisotopic (exact) mass is 575 g/mol. The van der Waals surface area contributed by atoms with E-state index in [4.69, 9.17) is 23.2 Å². The van der Waals surface area contributed by atoms with E-state index in [-0.39, 0.29) is 51.1 Å². The van der Waals surface area contributed by atoms with Crippen LogP contribution in [0.15, 0.2) is 51.7 Å². The lowest BCUT2D eigenvalue weighted by Crippen LogP contribution is -2.50. The Morgan fingerprint density at radius 3 is 2.11 bits per heavy atom. The molecule has 35 heavy (non-hydrogen) atoms. The van der Waals surface area contributed by atoms with E-state index in [0.29, 0.717) is 16.4 Å². The zero-order valence-electron chi connectivity index (χ0n) is 18.2. The summed E-state index contributed by atoms with van der Waals surface area (Å²) in [7, 11) is -7.77. The Balaban J connectivity index is 1.43. The molecule has 2 heterocycles. The topological polar surface area (TPSA) is 130 Å². The molecule has 1 saturated heterocycles. The lowest BCUT2D eigenvalue weighted by molar-refractivity contribution is 0.102. The molecule has 1 fully saturated rings. The maximum Gasteiger partial charge on any atom is 0.272 e. The Bertz CT molecular complexity index is 1470. The average Bonchev–Trinajstić information content (AvgIpc) is 3.28. The fraction of sp³-hybridized carbons (Fsp3) is 0.250. The van der Waals surface area contributed by atoms with Crippen LogP contribution in [0.25, 0.3) is 0 Å². The van der Waals surface area contributed by atoms with Gasteiger partial charge < -0.3 is 0 Å². The number of carbonyl (C=O) groups is 1. The van der Waals surface area contributed by atoms with Crippen molar-refractivity contribution in [3.05, 3.63) is 63.6 Å². The van der Waals surface area contributed by atoms with E-state index in [0.717, 1.165) is 9.87 Å². The average molecular weight is 577 g/mol. The summed E-state index contributed by atoms with van der Waals surface area (Å²) in [5.74, 6) is -0.596. The molecule has 10 nitrogen and oxygen atoms in total. The molecule has 1 amide bonds. The van der Waals surface area contributed by atoms with Crippen LogP contribution in [0.4, 0.5) is 5.13 Å². The third-order valence-corrected chi connectivity index (χ3v) is 10.8. The summed E-state index contributed by atoms with van der Waals surface area (Å²) in [5.41, 5.74) is 1.07. The van der Waals surface area contributed by atoms with Crippen molar-refractivity contribution in [2.45, 2.75) is 16.2 Å². The van der Waals surface area contributed by atoms with Gasteiger partial charge in [0.2, 0.25) is 19.5 Å². The number of amides is 1. The number of rotatable bonds is 6. The number of aryl methyl sites for hydroxylation is 1. The van der Waals surface area contributed by atoms with E-state index >= 15 is 0 Å². The predicted octanol–water partition coefficient (Wildman–Crippen LogP) is 3.10. The predicted molar refractivity (Wildman–Crippen MR) is 133 cm³/mol.